The molecule has 1 aromatic heterocycles. The molecule has 0 aliphatic rings. The summed E-state index contributed by atoms with van der Waals surface area (Å²) in [5.74, 6) is -0.291. The molecule has 1 heterocycles. The molecule has 0 amide bonds. The van der Waals surface area contributed by atoms with Crippen LogP contribution in [0.15, 0.2) is 12.7 Å². The highest BCUT2D eigenvalue weighted by Crippen LogP contribution is 2.29. The Morgan fingerprint density at radius 2 is 1.44 bits per heavy atom. The van der Waals surface area contributed by atoms with Crippen molar-refractivity contribution in [2.24, 2.45) is 10.8 Å². The van der Waals surface area contributed by atoms with E-state index in [1.54, 1.807) is 41.5 Å². The number of hydrogen-bond acceptors (Lipinski definition) is 4. The topological polar surface area (TPSA) is 64.8 Å². The van der Waals surface area contributed by atoms with Gasteiger partial charge in [0.1, 0.15) is 12.7 Å². The number of rotatable bonds is 3. The van der Waals surface area contributed by atoms with E-state index in [1.165, 1.54) is 17.3 Å². The lowest BCUT2D eigenvalue weighted by Crippen LogP contribution is -2.40. The fourth-order valence-electron chi connectivity index (χ4n) is 1.53. The Hall–Kier alpha value is -1.52. The maximum Gasteiger partial charge on any atom is 0.171 e. The molecule has 0 bridgehead atoms. The van der Waals surface area contributed by atoms with E-state index in [9.17, 15) is 9.59 Å². The van der Waals surface area contributed by atoms with E-state index in [1.807, 2.05) is 0 Å². The van der Waals surface area contributed by atoms with Crippen LogP contribution in [0.25, 0.3) is 0 Å². The molecular formula is C13H21N3O2. The molecule has 1 rings (SSSR count). The summed E-state index contributed by atoms with van der Waals surface area (Å²) in [5, 5.41) is 3.95. The van der Waals surface area contributed by atoms with Gasteiger partial charge in [0.05, 0.1) is 0 Å². The molecule has 0 spiro atoms. The van der Waals surface area contributed by atoms with Crippen molar-refractivity contribution in [1.82, 2.24) is 14.8 Å². The molecule has 5 nitrogen and oxygen atoms in total. The number of Topliss-reactive ketones (excluding diaryl/α,β-unsaturated/α-hetero) is 2. The fourth-order valence-corrected chi connectivity index (χ4v) is 1.53. The second-order valence-electron chi connectivity index (χ2n) is 6.51. The first-order valence-corrected chi connectivity index (χ1v) is 5.98. The molecular weight excluding hydrogens is 230 g/mol. The molecule has 100 valence electrons. The molecule has 0 fully saturated rings. The molecule has 0 saturated carbocycles. The first-order valence-electron chi connectivity index (χ1n) is 5.98. The monoisotopic (exact) mass is 251 g/mol. The van der Waals surface area contributed by atoms with Gasteiger partial charge < -0.3 is 0 Å². The summed E-state index contributed by atoms with van der Waals surface area (Å²) in [7, 11) is 0. The number of ketones is 2. The van der Waals surface area contributed by atoms with Gasteiger partial charge in [0.2, 0.25) is 0 Å². The lowest BCUT2D eigenvalue weighted by molar-refractivity contribution is -0.141. The molecule has 1 aromatic rings. The van der Waals surface area contributed by atoms with E-state index < -0.39 is 16.9 Å². The molecule has 18 heavy (non-hydrogen) atoms. The predicted octanol–water partition coefficient (Wildman–Crippen LogP) is 2.05. The van der Waals surface area contributed by atoms with Crippen LogP contribution in [0.1, 0.15) is 47.6 Å². The molecule has 0 unspecified atom stereocenters. The van der Waals surface area contributed by atoms with E-state index >= 15 is 0 Å². The molecule has 0 N–H and O–H groups in total. The number of carbonyl (C=O) groups is 2. The van der Waals surface area contributed by atoms with E-state index in [0.29, 0.717) is 0 Å². The van der Waals surface area contributed by atoms with Crippen LogP contribution in [0.5, 0.6) is 0 Å². The molecule has 0 atom stereocenters. The van der Waals surface area contributed by atoms with E-state index in [4.69, 9.17) is 0 Å². The lowest BCUT2D eigenvalue weighted by atomic mass is 9.78. The van der Waals surface area contributed by atoms with E-state index in [2.05, 4.69) is 10.1 Å². The summed E-state index contributed by atoms with van der Waals surface area (Å²) >= 11 is 0. The number of carbonyl (C=O) groups excluding carboxylic acids is 2. The molecule has 0 aliphatic carbocycles. The second kappa shape index (κ2) is 4.63. The smallest absolute Gasteiger partial charge is 0.171 e. The Bertz CT molecular complexity index is 410. The maximum absolute atomic E-state index is 12.4. The predicted molar refractivity (Wildman–Crippen MR) is 68.0 cm³/mol. The minimum atomic E-state index is -0.896. The zero-order valence-corrected chi connectivity index (χ0v) is 11.9. The second-order valence-corrected chi connectivity index (χ2v) is 6.51. The Kier molecular flexibility index (Phi) is 3.74. The highest BCUT2D eigenvalue weighted by molar-refractivity contribution is 6.08. The Balaban J connectivity index is 3.21. The summed E-state index contributed by atoms with van der Waals surface area (Å²) in [6.45, 7) is 10.8. The summed E-state index contributed by atoms with van der Waals surface area (Å²) in [6, 6.07) is -0.896. The number of hydrogen-bond donors (Lipinski definition) is 0. The molecule has 0 aliphatic heterocycles. The average Bonchev–Trinajstić information content (AvgIpc) is 2.68. The highest BCUT2D eigenvalue weighted by Gasteiger charge is 2.40. The minimum absolute atomic E-state index is 0.145. The van der Waals surface area contributed by atoms with Crippen molar-refractivity contribution >= 4 is 11.6 Å². The molecule has 0 radical (unpaired) electrons. The Morgan fingerprint density at radius 1 is 1.00 bits per heavy atom. The first-order chi connectivity index (χ1) is 8.05. The van der Waals surface area contributed by atoms with Gasteiger partial charge in [-0.15, -0.1) is 0 Å². The first kappa shape index (κ1) is 14.5. The van der Waals surface area contributed by atoms with Crippen molar-refractivity contribution < 1.29 is 9.59 Å². The molecule has 0 aromatic carbocycles. The van der Waals surface area contributed by atoms with Crippen LogP contribution < -0.4 is 0 Å². The summed E-state index contributed by atoms with van der Waals surface area (Å²) < 4.78 is 1.35. The van der Waals surface area contributed by atoms with Crippen molar-refractivity contribution in [1.29, 1.82) is 0 Å². The van der Waals surface area contributed by atoms with Crippen molar-refractivity contribution in [3.8, 4) is 0 Å². The largest absolute Gasteiger partial charge is 0.296 e. The van der Waals surface area contributed by atoms with Gasteiger partial charge in [-0.2, -0.15) is 5.10 Å². The SMILES string of the molecule is CC(C)(C)C(=O)C(C(=O)C(C)(C)C)n1cncn1. The van der Waals surface area contributed by atoms with Crippen molar-refractivity contribution in [3.05, 3.63) is 12.7 Å². The Labute approximate surface area is 108 Å². The van der Waals surface area contributed by atoms with Gasteiger partial charge >= 0.3 is 0 Å². The third-order valence-corrected chi connectivity index (χ3v) is 2.68. The van der Waals surface area contributed by atoms with Crippen LogP contribution in [-0.2, 0) is 9.59 Å². The van der Waals surface area contributed by atoms with Gasteiger partial charge in [0.25, 0.3) is 0 Å². The van der Waals surface area contributed by atoms with E-state index in [-0.39, 0.29) is 11.6 Å². The van der Waals surface area contributed by atoms with Crippen LogP contribution in [0.3, 0.4) is 0 Å². The zero-order valence-electron chi connectivity index (χ0n) is 11.9. The van der Waals surface area contributed by atoms with Gasteiger partial charge in [-0.1, -0.05) is 41.5 Å². The summed E-state index contributed by atoms with van der Waals surface area (Å²) in [5.41, 5.74) is -1.20. The highest BCUT2D eigenvalue weighted by atomic mass is 16.2. The molecule has 0 saturated heterocycles. The van der Waals surface area contributed by atoms with Crippen molar-refractivity contribution in [3.63, 3.8) is 0 Å². The van der Waals surface area contributed by atoms with Gasteiger partial charge in [0, 0.05) is 10.8 Å². The molecule has 5 heteroatoms. The standard InChI is InChI=1S/C13H21N3O2/c1-12(2,3)10(17)9(11(18)13(4,5)6)16-8-14-7-15-16/h7-9H,1-6H3. The van der Waals surface area contributed by atoms with Gasteiger partial charge in [-0.05, 0) is 0 Å². The van der Waals surface area contributed by atoms with Gasteiger partial charge in [-0.25, -0.2) is 9.67 Å². The third-order valence-electron chi connectivity index (χ3n) is 2.68. The Morgan fingerprint density at radius 3 is 1.72 bits per heavy atom. The van der Waals surface area contributed by atoms with Crippen LogP contribution in [0.2, 0.25) is 0 Å². The van der Waals surface area contributed by atoms with Crippen molar-refractivity contribution in [2.45, 2.75) is 47.6 Å². The number of nitrogens with zero attached hydrogens (tertiary/aromatic N) is 3. The van der Waals surface area contributed by atoms with Crippen LogP contribution in [0, 0.1) is 10.8 Å². The normalized spacial score (nSPS) is 12.8. The number of aromatic nitrogens is 3. The minimum Gasteiger partial charge on any atom is -0.296 e. The quantitative estimate of drug-likeness (QED) is 0.771. The summed E-state index contributed by atoms with van der Waals surface area (Å²) in [4.78, 5) is 28.7. The van der Waals surface area contributed by atoms with Crippen LogP contribution >= 0.6 is 0 Å². The van der Waals surface area contributed by atoms with E-state index in [0.717, 1.165) is 0 Å². The fraction of sp³-hybridized carbons (Fsp3) is 0.692. The zero-order chi connectivity index (χ0) is 14.1. The van der Waals surface area contributed by atoms with Gasteiger partial charge in [0.15, 0.2) is 17.6 Å². The van der Waals surface area contributed by atoms with Crippen LogP contribution in [0.4, 0.5) is 0 Å². The lowest BCUT2D eigenvalue weighted by Gasteiger charge is -2.28. The maximum atomic E-state index is 12.4. The van der Waals surface area contributed by atoms with Gasteiger partial charge in [-0.3, -0.25) is 9.59 Å². The average molecular weight is 251 g/mol. The third kappa shape index (κ3) is 3.03. The summed E-state index contributed by atoms with van der Waals surface area (Å²) in [6.07, 6.45) is 2.75. The van der Waals surface area contributed by atoms with Crippen LogP contribution in [-0.4, -0.2) is 26.3 Å². The van der Waals surface area contributed by atoms with Crippen molar-refractivity contribution in [2.75, 3.05) is 0 Å².